The number of benzene rings is 1. The number of hydrogen-bond donors (Lipinski definition) is 3. The highest BCUT2D eigenvalue weighted by Crippen LogP contribution is 2.36. The van der Waals surface area contributed by atoms with Crippen molar-refractivity contribution in [3.05, 3.63) is 51.1 Å². The molecule has 1 aromatic carbocycles. The van der Waals surface area contributed by atoms with Crippen molar-refractivity contribution in [3.8, 4) is 0 Å². The molecule has 2 rings (SSSR count). The predicted molar refractivity (Wildman–Crippen MR) is 95.3 cm³/mol. The highest BCUT2D eigenvalue weighted by molar-refractivity contribution is 6.36. The number of likely N-dealkylation sites (N-methyl/N-ethyl adjacent to an activating group) is 1. The van der Waals surface area contributed by atoms with E-state index in [1.807, 2.05) is 0 Å². The van der Waals surface area contributed by atoms with Gasteiger partial charge < -0.3 is 16.4 Å². The quantitative estimate of drug-likeness (QED) is 0.688. The van der Waals surface area contributed by atoms with Gasteiger partial charge >= 0.3 is 6.18 Å². The Kier molecular flexibility index (Phi) is 6.17. The molecule has 0 saturated heterocycles. The van der Waals surface area contributed by atoms with E-state index in [-0.39, 0.29) is 16.5 Å². The van der Waals surface area contributed by atoms with Crippen molar-refractivity contribution in [2.75, 3.05) is 12.4 Å². The van der Waals surface area contributed by atoms with E-state index in [1.54, 1.807) is 0 Å². The zero-order chi connectivity index (χ0) is 20.4. The monoisotopic (exact) mass is 420 g/mol. The largest absolute Gasteiger partial charge is 0.417 e. The number of primary amides is 1. The van der Waals surface area contributed by atoms with Gasteiger partial charge in [-0.2, -0.15) is 13.2 Å². The molecule has 2 amide bonds. The van der Waals surface area contributed by atoms with Crippen molar-refractivity contribution in [3.63, 3.8) is 0 Å². The van der Waals surface area contributed by atoms with Gasteiger partial charge in [-0.15, -0.1) is 0 Å². The highest BCUT2D eigenvalue weighted by Gasteiger charge is 2.37. The van der Waals surface area contributed by atoms with E-state index < -0.39 is 41.2 Å². The molecule has 11 heteroatoms. The maximum absolute atomic E-state index is 13.5. The van der Waals surface area contributed by atoms with E-state index in [0.717, 1.165) is 0 Å². The van der Waals surface area contributed by atoms with Crippen LogP contribution >= 0.6 is 23.2 Å². The summed E-state index contributed by atoms with van der Waals surface area (Å²) in [7, 11) is 1.30. The normalized spacial score (nSPS) is 11.2. The second kappa shape index (κ2) is 8.01. The summed E-state index contributed by atoms with van der Waals surface area (Å²) in [4.78, 5) is 27.2. The zero-order valence-corrected chi connectivity index (χ0v) is 15.3. The molecule has 0 bridgehead atoms. The molecule has 0 aliphatic carbocycles. The van der Waals surface area contributed by atoms with Crippen LogP contribution in [-0.2, 0) is 17.4 Å². The van der Waals surface area contributed by atoms with Crippen LogP contribution in [0.1, 0.15) is 21.6 Å². The first-order valence-corrected chi connectivity index (χ1v) is 8.12. The molecule has 1 heterocycles. The van der Waals surface area contributed by atoms with Gasteiger partial charge in [0, 0.05) is 12.1 Å². The molecule has 0 atom stereocenters. The van der Waals surface area contributed by atoms with Gasteiger partial charge in [0.2, 0.25) is 5.91 Å². The Morgan fingerprint density at radius 1 is 1.22 bits per heavy atom. The summed E-state index contributed by atoms with van der Waals surface area (Å²) in [5.74, 6) is -2.25. The Morgan fingerprint density at radius 3 is 2.41 bits per heavy atom. The summed E-state index contributed by atoms with van der Waals surface area (Å²) in [6, 6.07) is 4.93. The van der Waals surface area contributed by atoms with Gasteiger partial charge in [0.05, 0.1) is 34.0 Å². The van der Waals surface area contributed by atoms with E-state index in [9.17, 15) is 22.8 Å². The number of pyridine rings is 1. The summed E-state index contributed by atoms with van der Waals surface area (Å²) >= 11 is 11.8. The lowest BCUT2D eigenvalue weighted by Crippen LogP contribution is -2.27. The molecule has 144 valence electrons. The zero-order valence-electron chi connectivity index (χ0n) is 13.7. The molecule has 0 radical (unpaired) electrons. The molecule has 0 saturated carbocycles. The molecule has 4 N–H and O–H groups in total. The van der Waals surface area contributed by atoms with Gasteiger partial charge in [-0.25, -0.2) is 4.98 Å². The van der Waals surface area contributed by atoms with Gasteiger partial charge in [0.15, 0.2) is 0 Å². The van der Waals surface area contributed by atoms with E-state index >= 15 is 0 Å². The molecule has 6 nitrogen and oxygen atoms in total. The third-order valence-corrected chi connectivity index (χ3v) is 3.99. The molecule has 27 heavy (non-hydrogen) atoms. The Morgan fingerprint density at radius 2 is 1.89 bits per heavy atom. The topological polar surface area (TPSA) is 97.1 Å². The standard InChI is InChI=1S/C16H13Cl2F3N4O2/c1-23-13(26)6-11-14(15(22)27)8(16(19,20)21)5-12(25-11)24-10-3-2-7(17)4-9(10)18/h2-5H,6H2,1H3,(H2,22,27)(H,23,26)(H,24,25). The van der Waals surface area contributed by atoms with Crippen molar-refractivity contribution < 1.29 is 22.8 Å². The van der Waals surface area contributed by atoms with Gasteiger partial charge in [-0.3, -0.25) is 9.59 Å². The molecular formula is C16H13Cl2F3N4O2. The molecule has 0 aliphatic heterocycles. The van der Waals surface area contributed by atoms with Gasteiger partial charge in [0.25, 0.3) is 5.91 Å². The number of nitrogens with one attached hydrogen (secondary N) is 2. The number of carbonyl (C=O) groups excluding carboxylic acids is 2. The number of amides is 2. The number of hydrogen-bond acceptors (Lipinski definition) is 4. The maximum Gasteiger partial charge on any atom is 0.417 e. The number of carbonyl (C=O) groups is 2. The molecule has 0 unspecified atom stereocenters. The Labute approximate surface area is 161 Å². The van der Waals surface area contributed by atoms with Crippen molar-refractivity contribution in [2.24, 2.45) is 5.73 Å². The number of rotatable bonds is 5. The van der Waals surface area contributed by atoms with Crippen LogP contribution in [-0.4, -0.2) is 23.8 Å². The molecule has 0 spiro atoms. The minimum Gasteiger partial charge on any atom is -0.366 e. The lowest BCUT2D eigenvalue weighted by Gasteiger charge is -2.17. The lowest BCUT2D eigenvalue weighted by molar-refractivity contribution is -0.138. The first-order valence-electron chi connectivity index (χ1n) is 7.36. The molecule has 0 aliphatic rings. The van der Waals surface area contributed by atoms with E-state index in [1.165, 1.54) is 25.2 Å². The average molecular weight is 421 g/mol. The minimum atomic E-state index is -4.90. The number of nitrogens with two attached hydrogens (primary N) is 1. The summed E-state index contributed by atoms with van der Waals surface area (Å²) in [6.07, 6.45) is -5.47. The van der Waals surface area contributed by atoms with Crippen LogP contribution in [0.2, 0.25) is 10.0 Å². The van der Waals surface area contributed by atoms with Crippen molar-refractivity contribution in [1.82, 2.24) is 10.3 Å². The number of anilines is 2. The van der Waals surface area contributed by atoms with Crippen molar-refractivity contribution in [1.29, 1.82) is 0 Å². The fraction of sp³-hybridized carbons (Fsp3) is 0.188. The number of aromatic nitrogens is 1. The van der Waals surface area contributed by atoms with Gasteiger partial charge in [0.1, 0.15) is 5.82 Å². The lowest BCUT2D eigenvalue weighted by atomic mass is 10.0. The van der Waals surface area contributed by atoms with Crippen LogP contribution in [0.5, 0.6) is 0 Å². The number of alkyl halides is 3. The van der Waals surface area contributed by atoms with Gasteiger partial charge in [-0.05, 0) is 24.3 Å². The molecule has 2 aromatic rings. The first kappa shape index (κ1) is 20.8. The minimum absolute atomic E-state index is 0.143. The second-order valence-electron chi connectivity index (χ2n) is 5.34. The summed E-state index contributed by atoms with van der Waals surface area (Å²) < 4.78 is 40.4. The van der Waals surface area contributed by atoms with E-state index in [2.05, 4.69) is 15.6 Å². The Balaban J connectivity index is 2.62. The van der Waals surface area contributed by atoms with Crippen LogP contribution in [0.15, 0.2) is 24.3 Å². The van der Waals surface area contributed by atoms with Crippen molar-refractivity contribution >= 4 is 46.5 Å². The first-order chi connectivity index (χ1) is 12.5. The summed E-state index contributed by atoms with van der Waals surface area (Å²) in [6.45, 7) is 0. The maximum atomic E-state index is 13.5. The Hall–Kier alpha value is -2.52. The fourth-order valence-corrected chi connectivity index (χ4v) is 2.71. The second-order valence-corrected chi connectivity index (χ2v) is 6.18. The smallest absolute Gasteiger partial charge is 0.366 e. The van der Waals surface area contributed by atoms with Crippen molar-refractivity contribution in [2.45, 2.75) is 12.6 Å². The number of halogens is 5. The predicted octanol–water partition coefficient (Wildman–Crippen LogP) is 3.54. The number of nitrogens with zero attached hydrogens (tertiary/aromatic N) is 1. The van der Waals surface area contributed by atoms with E-state index in [4.69, 9.17) is 28.9 Å². The Bertz CT molecular complexity index is 904. The summed E-state index contributed by atoms with van der Waals surface area (Å²) in [5, 5.41) is 5.35. The summed E-state index contributed by atoms with van der Waals surface area (Å²) in [5.41, 5.74) is 2.76. The van der Waals surface area contributed by atoms with Crippen LogP contribution in [0.25, 0.3) is 0 Å². The highest BCUT2D eigenvalue weighted by atomic mass is 35.5. The van der Waals surface area contributed by atoms with Crippen LogP contribution in [0.3, 0.4) is 0 Å². The van der Waals surface area contributed by atoms with E-state index in [0.29, 0.717) is 11.1 Å². The molecular weight excluding hydrogens is 408 g/mol. The van der Waals surface area contributed by atoms with Crippen LogP contribution < -0.4 is 16.4 Å². The third-order valence-electron chi connectivity index (χ3n) is 3.45. The average Bonchev–Trinajstić information content (AvgIpc) is 2.55. The van der Waals surface area contributed by atoms with Gasteiger partial charge in [-0.1, -0.05) is 23.2 Å². The molecule has 0 fully saturated rings. The van der Waals surface area contributed by atoms with Crippen LogP contribution in [0.4, 0.5) is 24.7 Å². The third kappa shape index (κ3) is 5.01. The SMILES string of the molecule is CNC(=O)Cc1nc(Nc2ccc(Cl)cc2Cl)cc(C(F)(F)F)c1C(N)=O. The van der Waals surface area contributed by atoms with Crippen LogP contribution in [0, 0.1) is 0 Å². The molecule has 1 aromatic heterocycles. The fourth-order valence-electron chi connectivity index (χ4n) is 2.26.